The third-order valence-corrected chi connectivity index (χ3v) is 16.5. The third kappa shape index (κ3) is 63.4. The van der Waals surface area contributed by atoms with Gasteiger partial charge < -0.3 is 20.3 Å². The smallest absolute Gasteiger partial charge is 0.305 e. The Hall–Kier alpha value is -1.66. The fraction of sp³-hybridized carbons (Fsp3) is 0.915. The van der Waals surface area contributed by atoms with Crippen LogP contribution in [-0.2, 0) is 14.3 Å². The van der Waals surface area contributed by atoms with Crippen LogP contribution in [0.4, 0.5) is 0 Å². The van der Waals surface area contributed by atoms with Crippen LogP contribution in [0.25, 0.3) is 0 Å². The maximum Gasteiger partial charge on any atom is 0.305 e. The molecule has 0 saturated heterocycles. The van der Waals surface area contributed by atoms with Gasteiger partial charge in [0.25, 0.3) is 0 Å². The molecule has 0 saturated carbocycles. The first-order valence-electron chi connectivity index (χ1n) is 35.1. The van der Waals surface area contributed by atoms with Crippen LogP contribution >= 0.6 is 0 Å². The van der Waals surface area contributed by atoms with Gasteiger partial charge in [0.1, 0.15) is 0 Å². The zero-order chi connectivity index (χ0) is 55.7. The Morgan fingerprint density at radius 3 is 0.922 bits per heavy atom. The Balaban J connectivity index is 3.42. The van der Waals surface area contributed by atoms with Crippen molar-refractivity contribution in [1.29, 1.82) is 0 Å². The molecule has 1 amide bonds. The summed E-state index contributed by atoms with van der Waals surface area (Å²) in [6.07, 6.45) is 83.9. The van der Waals surface area contributed by atoms with Crippen LogP contribution in [0.1, 0.15) is 393 Å². The third-order valence-electron chi connectivity index (χ3n) is 16.5. The standard InChI is InChI=1S/C71H137NO5/c1-3-5-7-9-11-13-15-17-19-21-23-24-25-26-27-28-31-35-39-43-47-51-55-59-63-69(74)68(67-73)72-70(75)64-60-56-52-48-44-40-36-32-29-30-34-38-42-46-50-54-58-62-66-77-71(76)65-61-57-53-49-45-41-37-33-22-20-18-16-14-12-10-8-6-4-2/h20,22,59,63,68-69,73-74H,3-19,21,23-58,60-62,64-67H2,1-2H3,(H,72,75)/b22-20-,63-59+. The average Bonchev–Trinajstić information content (AvgIpc) is 3.43. The zero-order valence-electron chi connectivity index (χ0n) is 52.2. The quantitative estimate of drug-likeness (QED) is 0.0320. The molecule has 0 aliphatic carbocycles. The predicted molar refractivity (Wildman–Crippen MR) is 338 cm³/mol. The minimum atomic E-state index is -0.849. The predicted octanol–water partition coefficient (Wildman–Crippen LogP) is 22.5. The lowest BCUT2D eigenvalue weighted by molar-refractivity contribution is -0.143. The normalized spacial score (nSPS) is 12.6. The van der Waals surface area contributed by atoms with E-state index in [2.05, 4.69) is 31.3 Å². The molecule has 2 atom stereocenters. The summed E-state index contributed by atoms with van der Waals surface area (Å²) in [4.78, 5) is 24.6. The average molecular weight is 1080 g/mol. The van der Waals surface area contributed by atoms with Crippen LogP contribution in [0.5, 0.6) is 0 Å². The van der Waals surface area contributed by atoms with E-state index in [1.165, 1.54) is 321 Å². The van der Waals surface area contributed by atoms with E-state index in [1.54, 1.807) is 6.08 Å². The van der Waals surface area contributed by atoms with Gasteiger partial charge in [0.15, 0.2) is 0 Å². The molecule has 0 aromatic rings. The highest BCUT2D eigenvalue weighted by Crippen LogP contribution is 2.19. The van der Waals surface area contributed by atoms with Crippen LogP contribution in [0.2, 0.25) is 0 Å². The van der Waals surface area contributed by atoms with E-state index in [1.807, 2.05) is 6.08 Å². The molecule has 0 heterocycles. The number of carbonyl (C=O) groups is 2. The van der Waals surface area contributed by atoms with Crippen LogP contribution in [0.15, 0.2) is 24.3 Å². The molecule has 456 valence electrons. The summed E-state index contributed by atoms with van der Waals surface area (Å²) in [6, 6.07) is -0.632. The van der Waals surface area contributed by atoms with E-state index in [-0.39, 0.29) is 18.5 Å². The van der Waals surface area contributed by atoms with Crippen molar-refractivity contribution in [1.82, 2.24) is 5.32 Å². The molecule has 0 bridgehead atoms. The molecule has 3 N–H and O–H groups in total. The Kier molecular flexibility index (Phi) is 65.4. The van der Waals surface area contributed by atoms with Crippen LogP contribution in [-0.4, -0.2) is 47.4 Å². The second-order valence-corrected chi connectivity index (χ2v) is 24.2. The molecule has 0 aliphatic heterocycles. The number of carbonyl (C=O) groups excluding carboxylic acids is 2. The number of allylic oxidation sites excluding steroid dienone is 3. The summed E-state index contributed by atoms with van der Waals surface area (Å²) < 4.78 is 5.50. The van der Waals surface area contributed by atoms with Gasteiger partial charge in [0.05, 0.1) is 25.4 Å². The maximum atomic E-state index is 12.5. The van der Waals surface area contributed by atoms with E-state index >= 15 is 0 Å². The molecule has 6 nitrogen and oxygen atoms in total. The van der Waals surface area contributed by atoms with Crippen molar-refractivity contribution in [2.24, 2.45) is 0 Å². The molecule has 77 heavy (non-hydrogen) atoms. The van der Waals surface area contributed by atoms with Crippen LogP contribution in [0.3, 0.4) is 0 Å². The zero-order valence-corrected chi connectivity index (χ0v) is 52.2. The first-order chi connectivity index (χ1) is 38.0. The fourth-order valence-corrected chi connectivity index (χ4v) is 11.1. The Morgan fingerprint density at radius 1 is 0.351 bits per heavy atom. The number of aliphatic hydroxyl groups is 2. The Bertz CT molecular complexity index is 1200. The summed E-state index contributed by atoms with van der Waals surface area (Å²) in [5, 5.41) is 23.3. The number of aliphatic hydroxyl groups excluding tert-OH is 2. The summed E-state index contributed by atoms with van der Waals surface area (Å²) in [6.45, 7) is 4.93. The second-order valence-electron chi connectivity index (χ2n) is 24.2. The lowest BCUT2D eigenvalue weighted by Crippen LogP contribution is -2.45. The van der Waals surface area contributed by atoms with E-state index in [4.69, 9.17) is 4.74 Å². The number of hydrogen-bond donors (Lipinski definition) is 3. The van der Waals surface area contributed by atoms with Crippen molar-refractivity contribution in [3.05, 3.63) is 24.3 Å². The first kappa shape index (κ1) is 75.3. The van der Waals surface area contributed by atoms with Gasteiger partial charge in [-0.2, -0.15) is 0 Å². The SMILES string of the molecule is CCCCCCCCC/C=C\CCCCCCCCCC(=O)OCCCCCCCCCCCCCCCCCCCCC(=O)NC(CO)C(O)/C=C/CCCCCCCCCCCCCCCCCCCCCCCC. The minimum absolute atomic E-state index is 0.00470. The van der Waals surface area contributed by atoms with Gasteiger partial charge >= 0.3 is 5.97 Å². The summed E-state index contributed by atoms with van der Waals surface area (Å²) in [5.41, 5.74) is 0. The van der Waals surface area contributed by atoms with Gasteiger partial charge in [-0.3, -0.25) is 9.59 Å². The van der Waals surface area contributed by atoms with E-state index in [0.29, 0.717) is 19.4 Å². The van der Waals surface area contributed by atoms with Crippen molar-refractivity contribution in [3.63, 3.8) is 0 Å². The van der Waals surface area contributed by atoms with Gasteiger partial charge in [-0.1, -0.05) is 346 Å². The number of esters is 1. The van der Waals surface area contributed by atoms with Gasteiger partial charge in [-0.25, -0.2) is 0 Å². The van der Waals surface area contributed by atoms with Crippen molar-refractivity contribution in [2.45, 2.75) is 405 Å². The number of hydrogen-bond acceptors (Lipinski definition) is 5. The molecule has 0 spiro atoms. The highest BCUT2D eigenvalue weighted by Gasteiger charge is 2.18. The Morgan fingerprint density at radius 2 is 0.610 bits per heavy atom. The minimum Gasteiger partial charge on any atom is -0.466 e. The second kappa shape index (κ2) is 66.8. The van der Waals surface area contributed by atoms with E-state index < -0.39 is 12.1 Å². The van der Waals surface area contributed by atoms with Gasteiger partial charge in [-0.15, -0.1) is 0 Å². The fourth-order valence-electron chi connectivity index (χ4n) is 11.1. The molecule has 0 aromatic carbocycles. The number of unbranched alkanes of at least 4 members (excludes halogenated alkanes) is 53. The van der Waals surface area contributed by atoms with Crippen LogP contribution in [0, 0.1) is 0 Å². The van der Waals surface area contributed by atoms with E-state index in [9.17, 15) is 19.8 Å². The number of amides is 1. The van der Waals surface area contributed by atoms with Gasteiger partial charge in [0.2, 0.25) is 5.91 Å². The van der Waals surface area contributed by atoms with E-state index in [0.717, 1.165) is 44.9 Å². The van der Waals surface area contributed by atoms with Crippen molar-refractivity contribution < 1.29 is 24.5 Å². The molecule has 0 rings (SSSR count). The monoisotopic (exact) mass is 1080 g/mol. The maximum absolute atomic E-state index is 12.5. The van der Waals surface area contributed by atoms with Crippen molar-refractivity contribution >= 4 is 11.9 Å². The first-order valence-corrected chi connectivity index (χ1v) is 35.1. The number of ether oxygens (including phenoxy) is 1. The number of nitrogens with one attached hydrogen (secondary N) is 1. The van der Waals surface area contributed by atoms with Crippen molar-refractivity contribution in [2.75, 3.05) is 13.2 Å². The highest BCUT2D eigenvalue weighted by atomic mass is 16.5. The molecule has 0 aromatic heterocycles. The number of rotatable bonds is 66. The molecular formula is C71H137NO5. The Labute approximate surface area is 481 Å². The summed E-state index contributed by atoms with van der Waals surface area (Å²) in [5.74, 6) is -0.0629. The molecule has 0 radical (unpaired) electrons. The lowest BCUT2D eigenvalue weighted by atomic mass is 10.0. The lowest BCUT2D eigenvalue weighted by Gasteiger charge is -2.20. The van der Waals surface area contributed by atoms with Crippen LogP contribution < -0.4 is 5.32 Å². The van der Waals surface area contributed by atoms with Gasteiger partial charge in [0, 0.05) is 12.8 Å². The van der Waals surface area contributed by atoms with Gasteiger partial charge in [-0.05, 0) is 57.8 Å². The summed E-state index contributed by atoms with van der Waals surface area (Å²) in [7, 11) is 0. The molecular weight excluding hydrogens is 947 g/mol. The molecule has 0 aliphatic rings. The molecule has 2 unspecified atom stereocenters. The highest BCUT2D eigenvalue weighted by molar-refractivity contribution is 5.76. The van der Waals surface area contributed by atoms with Crippen molar-refractivity contribution in [3.8, 4) is 0 Å². The topological polar surface area (TPSA) is 95.9 Å². The molecule has 6 heteroatoms. The summed E-state index contributed by atoms with van der Waals surface area (Å²) >= 11 is 0. The molecule has 0 fully saturated rings. The largest absolute Gasteiger partial charge is 0.466 e.